The van der Waals surface area contributed by atoms with Crippen molar-refractivity contribution in [3.05, 3.63) is 61.2 Å². The number of hydrogen-bond donors (Lipinski definition) is 1. The zero-order valence-corrected chi connectivity index (χ0v) is 16.3. The molecule has 5 nitrogen and oxygen atoms in total. The topological polar surface area (TPSA) is 56.2 Å². The predicted molar refractivity (Wildman–Crippen MR) is 111 cm³/mol. The van der Waals surface area contributed by atoms with Crippen molar-refractivity contribution in [2.75, 3.05) is 13.2 Å². The van der Waals surface area contributed by atoms with Crippen LogP contribution in [0.3, 0.4) is 0 Å². The van der Waals surface area contributed by atoms with Crippen molar-refractivity contribution in [2.45, 2.75) is 24.3 Å². The summed E-state index contributed by atoms with van der Waals surface area (Å²) in [6.07, 6.45) is 1.67. The molecule has 2 aromatic carbocycles. The fraction of sp³-hybridized carbons (Fsp3) is 0.238. The van der Waals surface area contributed by atoms with E-state index in [1.54, 1.807) is 6.08 Å². The first-order valence-electron chi connectivity index (χ1n) is 8.90. The van der Waals surface area contributed by atoms with Gasteiger partial charge >= 0.3 is 0 Å². The van der Waals surface area contributed by atoms with Gasteiger partial charge in [0.15, 0.2) is 5.16 Å². The molecule has 140 valence electrons. The SMILES string of the molecule is C=CCNC(=O)C(C)Sc1nc2ccccc2n1-c1ccc(OCC)cc1. The fourth-order valence-electron chi connectivity index (χ4n) is 2.72. The minimum absolute atomic E-state index is 0.0369. The number of fused-ring (bicyclic) bond motifs is 1. The van der Waals surface area contributed by atoms with Gasteiger partial charge in [-0.2, -0.15) is 0 Å². The molecule has 0 spiro atoms. The van der Waals surface area contributed by atoms with Gasteiger partial charge < -0.3 is 10.1 Å². The Hall–Kier alpha value is -2.73. The van der Waals surface area contributed by atoms with Gasteiger partial charge in [0.25, 0.3) is 0 Å². The molecule has 1 unspecified atom stereocenters. The summed E-state index contributed by atoms with van der Waals surface area (Å²) >= 11 is 1.44. The first kappa shape index (κ1) is 19.0. The largest absolute Gasteiger partial charge is 0.494 e. The Morgan fingerprint density at radius 3 is 2.74 bits per heavy atom. The van der Waals surface area contributed by atoms with E-state index < -0.39 is 0 Å². The molecular weight excluding hydrogens is 358 g/mol. The van der Waals surface area contributed by atoms with Crippen molar-refractivity contribution < 1.29 is 9.53 Å². The van der Waals surface area contributed by atoms with E-state index in [9.17, 15) is 4.79 Å². The van der Waals surface area contributed by atoms with Gasteiger partial charge in [-0.25, -0.2) is 4.98 Å². The molecule has 27 heavy (non-hydrogen) atoms. The van der Waals surface area contributed by atoms with E-state index in [0.717, 1.165) is 27.6 Å². The van der Waals surface area contributed by atoms with Crippen LogP contribution in [0.5, 0.6) is 5.75 Å². The van der Waals surface area contributed by atoms with Crippen molar-refractivity contribution in [1.29, 1.82) is 0 Å². The molecule has 0 aliphatic rings. The molecule has 0 aliphatic heterocycles. The Kier molecular flexibility index (Phi) is 6.19. The number of rotatable bonds is 8. The van der Waals surface area contributed by atoms with E-state index in [1.165, 1.54) is 11.8 Å². The highest BCUT2D eigenvalue weighted by Crippen LogP contribution is 2.31. The molecule has 6 heteroatoms. The van der Waals surface area contributed by atoms with Gasteiger partial charge in [-0.05, 0) is 50.2 Å². The van der Waals surface area contributed by atoms with Crippen LogP contribution < -0.4 is 10.1 Å². The number of ether oxygens (including phenoxy) is 1. The van der Waals surface area contributed by atoms with Crippen molar-refractivity contribution >= 4 is 28.7 Å². The molecule has 0 saturated carbocycles. The summed E-state index contributed by atoms with van der Waals surface area (Å²) in [5, 5.41) is 3.34. The number of imidazole rings is 1. The maximum atomic E-state index is 12.3. The second-order valence-electron chi connectivity index (χ2n) is 5.94. The van der Waals surface area contributed by atoms with Gasteiger partial charge in [-0.15, -0.1) is 6.58 Å². The summed E-state index contributed by atoms with van der Waals surface area (Å²) in [5.74, 6) is 0.794. The number of hydrogen-bond acceptors (Lipinski definition) is 4. The lowest BCUT2D eigenvalue weighted by Gasteiger charge is -2.13. The lowest BCUT2D eigenvalue weighted by Crippen LogP contribution is -2.31. The maximum absolute atomic E-state index is 12.3. The number of para-hydroxylation sites is 2. The molecule has 1 N–H and O–H groups in total. The van der Waals surface area contributed by atoms with E-state index in [0.29, 0.717) is 13.2 Å². The van der Waals surface area contributed by atoms with Gasteiger partial charge in [0.1, 0.15) is 5.75 Å². The third kappa shape index (κ3) is 4.34. The molecule has 0 radical (unpaired) electrons. The van der Waals surface area contributed by atoms with Crippen molar-refractivity contribution in [1.82, 2.24) is 14.9 Å². The fourth-order valence-corrected chi connectivity index (χ4v) is 3.69. The second-order valence-corrected chi connectivity index (χ2v) is 7.25. The van der Waals surface area contributed by atoms with Gasteiger partial charge in [-0.3, -0.25) is 9.36 Å². The molecule has 1 heterocycles. The third-order valence-electron chi connectivity index (χ3n) is 4.01. The molecule has 3 aromatic rings. The number of benzene rings is 2. The average molecular weight is 382 g/mol. The van der Waals surface area contributed by atoms with E-state index in [-0.39, 0.29) is 11.2 Å². The summed E-state index contributed by atoms with van der Waals surface area (Å²) in [6, 6.07) is 15.9. The molecule has 0 saturated heterocycles. The Morgan fingerprint density at radius 2 is 2.04 bits per heavy atom. The third-order valence-corrected chi connectivity index (χ3v) is 5.06. The van der Waals surface area contributed by atoms with E-state index in [1.807, 2.05) is 62.4 Å². The quantitative estimate of drug-likeness (QED) is 0.469. The second kappa shape index (κ2) is 8.77. The monoisotopic (exact) mass is 381 g/mol. The van der Waals surface area contributed by atoms with Crippen LogP contribution in [0.25, 0.3) is 16.7 Å². The van der Waals surface area contributed by atoms with Crippen LogP contribution in [0.4, 0.5) is 0 Å². The van der Waals surface area contributed by atoms with Crippen LogP contribution in [-0.2, 0) is 4.79 Å². The molecule has 3 rings (SSSR count). The van der Waals surface area contributed by atoms with Crippen molar-refractivity contribution in [2.24, 2.45) is 0 Å². The van der Waals surface area contributed by atoms with Crippen LogP contribution >= 0.6 is 11.8 Å². The van der Waals surface area contributed by atoms with Crippen LogP contribution in [-0.4, -0.2) is 33.9 Å². The number of amides is 1. The number of aromatic nitrogens is 2. The summed E-state index contributed by atoms with van der Waals surface area (Å²) in [4.78, 5) is 17.0. The summed E-state index contributed by atoms with van der Waals surface area (Å²) in [6.45, 7) is 8.56. The molecule has 0 aliphatic carbocycles. The molecule has 0 fully saturated rings. The Morgan fingerprint density at radius 1 is 1.30 bits per heavy atom. The number of nitrogens with one attached hydrogen (secondary N) is 1. The normalized spacial score (nSPS) is 11.9. The molecular formula is C21H23N3O2S. The van der Waals surface area contributed by atoms with Crippen LogP contribution in [0, 0.1) is 0 Å². The van der Waals surface area contributed by atoms with Crippen molar-refractivity contribution in [3.63, 3.8) is 0 Å². The average Bonchev–Trinajstić information content (AvgIpc) is 3.04. The number of nitrogens with zero attached hydrogens (tertiary/aromatic N) is 2. The predicted octanol–water partition coefficient (Wildman–Crippen LogP) is 4.21. The van der Waals surface area contributed by atoms with E-state index in [2.05, 4.69) is 16.5 Å². The number of thioether (sulfide) groups is 1. The first-order valence-corrected chi connectivity index (χ1v) is 9.78. The van der Waals surface area contributed by atoms with Crippen LogP contribution in [0.2, 0.25) is 0 Å². The molecule has 1 aromatic heterocycles. The lowest BCUT2D eigenvalue weighted by atomic mass is 10.2. The highest BCUT2D eigenvalue weighted by Gasteiger charge is 2.19. The Labute approximate surface area is 163 Å². The minimum Gasteiger partial charge on any atom is -0.494 e. The lowest BCUT2D eigenvalue weighted by molar-refractivity contribution is -0.120. The van der Waals surface area contributed by atoms with Crippen molar-refractivity contribution in [3.8, 4) is 11.4 Å². The summed E-state index contributed by atoms with van der Waals surface area (Å²) in [7, 11) is 0. The highest BCUT2D eigenvalue weighted by atomic mass is 32.2. The Balaban J connectivity index is 1.96. The number of carbonyl (C=O) groups excluding carboxylic acids is 1. The molecule has 1 amide bonds. The molecule has 0 bridgehead atoms. The molecule has 1 atom stereocenters. The van der Waals surface area contributed by atoms with Gasteiger partial charge in [0.05, 0.1) is 22.9 Å². The standard InChI is InChI=1S/C21H23N3O2S/c1-4-14-22-20(25)15(3)27-21-23-18-8-6-7-9-19(18)24(21)16-10-12-17(13-11-16)26-5-2/h4,6-13,15H,1,5,14H2,2-3H3,(H,22,25). The van der Waals surface area contributed by atoms with Crippen LogP contribution in [0.1, 0.15) is 13.8 Å². The van der Waals surface area contributed by atoms with E-state index in [4.69, 9.17) is 9.72 Å². The minimum atomic E-state index is -0.275. The van der Waals surface area contributed by atoms with Crippen LogP contribution in [0.15, 0.2) is 66.3 Å². The van der Waals surface area contributed by atoms with E-state index >= 15 is 0 Å². The zero-order chi connectivity index (χ0) is 19.2. The smallest absolute Gasteiger partial charge is 0.233 e. The highest BCUT2D eigenvalue weighted by molar-refractivity contribution is 8.00. The summed E-state index contributed by atoms with van der Waals surface area (Å²) in [5.41, 5.74) is 2.88. The zero-order valence-electron chi connectivity index (χ0n) is 15.5. The Bertz CT molecular complexity index is 934. The first-order chi connectivity index (χ1) is 13.1. The maximum Gasteiger partial charge on any atom is 0.233 e. The van der Waals surface area contributed by atoms with Gasteiger partial charge in [0.2, 0.25) is 5.91 Å². The van der Waals surface area contributed by atoms with Gasteiger partial charge in [0, 0.05) is 12.2 Å². The summed E-state index contributed by atoms with van der Waals surface area (Å²) < 4.78 is 7.61. The number of carbonyl (C=O) groups is 1. The van der Waals surface area contributed by atoms with Gasteiger partial charge in [-0.1, -0.05) is 30.0 Å².